The predicted octanol–water partition coefficient (Wildman–Crippen LogP) is 2.92. The van der Waals surface area contributed by atoms with Crippen molar-refractivity contribution in [3.8, 4) is 0 Å². The van der Waals surface area contributed by atoms with Gasteiger partial charge in [-0.1, -0.05) is 17.8 Å². The van der Waals surface area contributed by atoms with E-state index in [4.69, 9.17) is 0 Å². The molecule has 3 rings (SSSR count). The van der Waals surface area contributed by atoms with Crippen molar-refractivity contribution in [2.24, 2.45) is 7.05 Å². The second-order valence-electron chi connectivity index (χ2n) is 4.90. The Hall–Kier alpha value is -2.67. The van der Waals surface area contributed by atoms with E-state index in [-0.39, 0.29) is 5.91 Å². The van der Waals surface area contributed by atoms with Gasteiger partial charge >= 0.3 is 0 Å². The molecule has 1 N–H and O–H groups in total. The molecule has 0 fully saturated rings. The molecule has 0 aliphatic heterocycles. The number of rotatable bonds is 4. The summed E-state index contributed by atoms with van der Waals surface area (Å²) in [7, 11) is 1.75. The predicted molar refractivity (Wildman–Crippen MR) is 88.5 cm³/mol. The summed E-state index contributed by atoms with van der Waals surface area (Å²) < 4.78 is 1.56. The number of hydrogen-bond acceptors (Lipinski definition) is 5. The van der Waals surface area contributed by atoms with Crippen LogP contribution < -0.4 is 5.32 Å². The maximum Gasteiger partial charge on any atom is 0.273 e. The molecule has 116 valence electrons. The topological polar surface area (TPSA) is 72.7 Å². The standard InChI is InChI=1S/C16H15N5OS/c1-11-9-13(21(2)20-11)16(22)19-12-6-8-18-15(10-12)23-14-5-3-4-7-17-14/h3-10H,1-2H3,(H,18,19,22). The van der Waals surface area contributed by atoms with E-state index < -0.39 is 0 Å². The van der Waals surface area contributed by atoms with Gasteiger partial charge < -0.3 is 5.32 Å². The summed E-state index contributed by atoms with van der Waals surface area (Å²) in [5.41, 5.74) is 2.00. The molecule has 6 nitrogen and oxygen atoms in total. The van der Waals surface area contributed by atoms with E-state index in [1.165, 1.54) is 11.8 Å². The van der Waals surface area contributed by atoms with Crippen LogP contribution in [0, 0.1) is 6.92 Å². The molecule has 3 aromatic rings. The van der Waals surface area contributed by atoms with Gasteiger partial charge in [0.15, 0.2) is 0 Å². The fourth-order valence-corrected chi connectivity index (χ4v) is 2.85. The van der Waals surface area contributed by atoms with Crippen LogP contribution in [-0.2, 0) is 7.05 Å². The zero-order valence-corrected chi connectivity index (χ0v) is 13.5. The molecule has 0 atom stereocenters. The van der Waals surface area contributed by atoms with Crippen LogP contribution in [-0.4, -0.2) is 25.7 Å². The lowest BCUT2D eigenvalue weighted by Gasteiger charge is -2.06. The quantitative estimate of drug-likeness (QED) is 0.798. The molecule has 3 aromatic heterocycles. The van der Waals surface area contributed by atoms with Crippen LogP contribution in [0.15, 0.2) is 58.8 Å². The third kappa shape index (κ3) is 3.75. The third-order valence-corrected chi connectivity index (χ3v) is 3.96. The van der Waals surface area contributed by atoms with Gasteiger partial charge in [0, 0.05) is 25.1 Å². The first-order chi connectivity index (χ1) is 11.1. The summed E-state index contributed by atoms with van der Waals surface area (Å²) in [5, 5.41) is 8.66. The second kappa shape index (κ2) is 6.62. The zero-order chi connectivity index (χ0) is 16.2. The Labute approximate surface area is 138 Å². The number of hydrogen-bond donors (Lipinski definition) is 1. The molecular weight excluding hydrogens is 310 g/mol. The largest absolute Gasteiger partial charge is 0.321 e. The summed E-state index contributed by atoms with van der Waals surface area (Å²) in [6.45, 7) is 1.85. The lowest BCUT2D eigenvalue weighted by molar-refractivity contribution is 0.101. The van der Waals surface area contributed by atoms with Gasteiger partial charge in [0.1, 0.15) is 15.7 Å². The fourth-order valence-electron chi connectivity index (χ4n) is 2.08. The van der Waals surface area contributed by atoms with Crippen LogP contribution in [0.25, 0.3) is 0 Å². The Balaban J connectivity index is 1.75. The Kier molecular flexibility index (Phi) is 4.38. The van der Waals surface area contributed by atoms with Crippen molar-refractivity contribution in [2.75, 3.05) is 5.32 Å². The molecule has 0 aliphatic carbocycles. The minimum atomic E-state index is -0.201. The minimum absolute atomic E-state index is 0.201. The number of nitrogens with one attached hydrogen (secondary N) is 1. The Morgan fingerprint density at radius 2 is 1.96 bits per heavy atom. The number of carbonyl (C=O) groups excluding carboxylic acids is 1. The van der Waals surface area contributed by atoms with Crippen LogP contribution >= 0.6 is 11.8 Å². The summed E-state index contributed by atoms with van der Waals surface area (Å²) in [6.07, 6.45) is 3.40. The van der Waals surface area contributed by atoms with Crippen molar-refractivity contribution in [1.82, 2.24) is 19.7 Å². The summed E-state index contributed by atoms with van der Waals surface area (Å²) >= 11 is 1.44. The molecular formula is C16H15N5OS. The van der Waals surface area contributed by atoms with Crippen LogP contribution in [0.3, 0.4) is 0 Å². The number of pyridine rings is 2. The van der Waals surface area contributed by atoms with Gasteiger partial charge in [0.25, 0.3) is 5.91 Å². The first-order valence-corrected chi connectivity index (χ1v) is 7.80. The van der Waals surface area contributed by atoms with Crippen molar-refractivity contribution < 1.29 is 4.79 Å². The SMILES string of the molecule is Cc1cc(C(=O)Nc2ccnc(Sc3ccccn3)c2)n(C)n1. The lowest BCUT2D eigenvalue weighted by Crippen LogP contribution is -2.16. The highest BCUT2D eigenvalue weighted by molar-refractivity contribution is 7.99. The van der Waals surface area contributed by atoms with Gasteiger partial charge in [0.2, 0.25) is 0 Å². The summed E-state index contributed by atoms with van der Waals surface area (Å²) in [6, 6.07) is 11.0. The molecule has 3 heterocycles. The molecule has 0 bridgehead atoms. The van der Waals surface area contributed by atoms with E-state index in [9.17, 15) is 4.79 Å². The van der Waals surface area contributed by atoms with Crippen LogP contribution in [0.5, 0.6) is 0 Å². The van der Waals surface area contributed by atoms with E-state index in [0.29, 0.717) is 11.4 Å². The second-order valence-corrected chi connectivity index (χ2v) is 5.94. The number of aromatic nitrogens is 4. The fraction of sp³-hybridized carbons (Fsp3) is 0.125. The smallest absolute Gasteiger partial charge is 0.273 e. The molecule has 7 heteroatoms. The molecule has 0 radical (unpaired) electrons. The average molecular weight is 325 g/mol. The minimum Gasteiger partial charge on any atom is -0.321 e. The van der Waals surface area contributed by atoms with Gasteiger partial charge in [-0.2, -0.15) is 5.10 Å². The van der Waals surface area contributed by atoms with Gasteiger partial charge in [0.05, 0.1) is 5.69 Å². The number of aryl methyl sites for hydroxylation is 2. The molecule has 0 spiro atoms. The van der Waals surface area contributed by atoms with E-state index in [0.717, 1.165) is 15.7 Å². The van der Waals surface area contributed by atoms with Gasteiger partial charge in [-0.15, -0.1) is 0 Å². The maximum absolute atomic E-state index is 12.3. The number of anilines is 1. The van der Waals surface area contributed by atoms with E-state index in [1.54, 1.807) is 36.3 Å². The highest BCUT2D eigenvalue weighted by Gasteiger charge is 2.12. The van der Waals surface area contributed by atoms with Crippen LogP contribution in [0.4, 0.5) is 5.69 Å². The first-order valence-electron chi connectivity index (χ1n) is 6.99. The van der Waals surface area contributed by atoms with Crippen LogP contribution in [0.1, 0.15) is 16.2 Å². The highest BCUT2D eigenvalue weighted by atomic mass is 32.2. The molecule has 0 unspecified atom stereocenters. The third-order valence-electron chi connectivity index (χ3n) is 3.07. The van der Waals surface area contributed by atoms with Crippen LogP contribution in [0.2, 0.25) is 0 Å². The molecule has 23 heavy (non-hydrogen) atoms. The normalized spacial score (nSPS) is 10.5. The molecule has 0 aliphatic rings. The van der Waals surface area contributed by atoms with Crippen molar-refractivity contribution in [2.45, 2.75) is 17.0 Å². The van der Waals surface area contributed by atoms with Gasteiger partial charge in [-0.25, -0.2) is 9.97 Å². The lowest BCUT2D eigenvalue weighted by atomic mass is 10.3. The molecule has 0 aromatic carbocycles. The van der Waals surface area contributed by atoms with Gasteiger partial charge in [-0.3, -0.25) is 9.48 Å². The first kappa shape index (κ1) is 15.2. The Bertz CT molecular complexity index is 831. The average Bonchev–Trinajstić information content (AvgIpc) is 2.87. The number of nitrogens with zero attached hydrogens (tertiary/aromatic N) is 4. The van der Waals surface area contributed by atoms with E-state index >= 15 is 0 Å². The molecule has 1 amide bonds. The monoisotopic (exact) mass is 325 g/mol. The molecule has 0 saturated heterocycles. The van der Waals surface area contributed by atoms with E-state index in [1.807, 2.05) is 31.2 Å². The Morgan fingerprint density at radius 1 is 1.13 bits per heavy atom. The Morgan fingerprint density at radius 3 is 2.65 bits per heavy atom. The summed E-state index contributed by atoms with van der Waals surface area (Å²) in [4.78, 5) is 20.8. The maximum atomic E-state index is 12.3. The van der Waals surface area contributed by atoms with E-state index in [2.05, 4.69) is 20.4 Å². The van der Waals surface area contributed by atoms with Crippen molar-refractivity contribution in [3.63, 3.8) is 0 Å². The number of carbonyl (C=O) groups is 1. The number of amides is 1. The van der Waals surface area contributed by atoms with Crippen molar-refractivity contribution in [3.05, 3.63) is 60.2 Å². The highest BCUT2D eigenvalue weighted by Crippen LogP contribution is 2.25. The van der Waals surface area contributed by atoms with Gasteiger partial charge in [-0.05, 0) is 37.3 Å². The molecule has 0 saturated carbocycles. The van der Waals surface area contributed by atoms with Crippen molar-refractivity contribution >= 4 is 23.4 Å². The summed E-state index contributed by atoms with van der Waals surface area (Å²) in [5.74, 6) is -0.201. The van der Waals surface area contributed by atoms with Crippen molar-refractivity contribution in [1.29, 1.82) is 0 Å². The zero-order valence-electron chi connectivity index (χ0n) is 12.7.